The van der Waals surface area contributed by atoms with E-state index in [2.05, 4.69) is 53.8 Å². The largest absolute Gasteiger partial charge is 0.349 e. The third-order valence-electron chi connectivity index (χ3n) is 6.62. The third kappa shape index (κ3) is 3.61. The molecule has 4 heteroatoms. The van der Waals surface area contributed by atoms with Crippen LogP contribution in [0.1, 0.15) is 43.2 Å². The number of nitrogens with zero attached hydrogens (tertiary/aromatic N) is 1. The van der Waals surface area contributed by atoms with Gasteiger partial charge in [-0.15, -0.1) is 0 Å². The lowest BCUT2D eigenvalue weighted by Gasteiger charge is -2.33. The fourth-order valence-corrected chi connectivity index (χ4v) is 4.82. The number of carbonyl (C=O) groups excluding carboxylic acids is 1. The van der Waals surface area contributed by atoms with Crippen LogP contribution in [0.15, 0.2) is 24.3 Å². The molecule has 3 aliphatic rings. The van der Waals surface area contributed by atoms with Gasteiger partial charge in [-0.2, -0.15) is 0 Å². The predicted octanol–water partition coefficient (Wildman–Crippen LogP) is 2.26. The molecule has 2 heterocycles. The Bertz CT molecular complexity index is 629. The Hall–Kier alpha value is -1.39. The summed E-state index contributed by atoms with van der Waals surface area (Å²) in [7, 11) is 2.13. The summed E-state index contributed by atoms with van der Waals surface area (Å²) in [5.41, 5.74) is 2.99. The second-order valence-corrected chi connectivity index (χ2v) is 8.82. The number of hydrogen-bond donors (Lipinski definition) is 2. The lowest BCUT2D eigenvalue weighted by Crippen LogP contribution is -2.47. The molecular weight excluding hydrogens is 310 g/mol. The van der Waals surface area contributed by atoms with E-state index in [9.17, 15) is 4.79 Å². The van der Waals surface area contributed by atoms with Crippen molar-refractivity contribution in [2.45, 2.75) is 57.0 Å². The molecule has 2 saturated heterocycles. The number of benzene rings is 1. The van der Waals surface area contributed by atoms with E-state index in [4.69, 9.17) is 0 Å². The minimum atomic E-state index is 0.0110. The molecule has 1 aromatic rings. The van der Waals surface area contributed by atoms with E-state index >= 15 is 0 Å². The van der Waals surface area contributed by atoms with Gasteiger partial charge < -0.3 is 10.6 Å². The maximum Gasteiger partial charge on any atom is 0.237 e. The first-order valence-corrected chi connectivity index (χ1v) is 9.78. The number of rotatable bonds is 4. The van der Waals surface area contributed by atoms with Crippen molar-refractivity contribution in [1.29, 1.82) is 0 Å². The highest BCUT2D eigenvalue weighted by molar-refractivity contribution is 5.83. The number of likely N-dealkylation sites (tertiary alicyclic amines) is 1. The van der Waals surface area contributed by atoms with Gasteiger partial charge in [0, 0.05) is 12.1 Å². The van der Waals surface area contributed by atoms with Crippen LogP contribution in [0.3, 0.4) is 0 Å². The number of hydrogen-bond acceptors (Lipinski definition) is 3. The molecule has 3 fully saturated rings. The van der Waals surface area contributed by atoms with E-state index in [1.807, 2.05) is 0 Å². The van der Waals surface area contributed by atoms with Gasteiger partial charge in [0.15, 0.2) is 0 Å². The Labute approximate surface area is 151 Å². The summed E-state index contributed by atoms with van der Waals surface area (Å²) in [6.45, 7) is 5.38. The van der Waals surface area contributed by atoms with Crippen molar-refractivity contribution >= 4 is 5.91 Å². The highest BCUT2D eigenvalue weighted by Gasteiger charge is 2.49. The number of likely N-dealkylation sites (N-methyl/N-ethyl adjacent to an activating group) is 1. The van der Waals surface area contributed by atoms with E-state index in [0.717, 1.165) is 45.3 Å². The molecule has 1 saturated carbocycles. The molecule has 0 radical (unpaired) electrons. The number of aryl methyl sites for hydroxylation is 1. The van der Waals surface area contributed by atoms with Crippen molar-refractivity contribution in [2.24, 2.45) is 5.41 Å². The van der Waals surface area contributed by atoms with Gasteiger partial charge in [0.25, 0.3) is 0 Å². The molecule has 1 atom stereocenters. The first-order chi connectivity index (χ1) is 12.0. The third-order valence-corrected chi connectivity index (χ3v) is 6.62. The molecule has 2 N–H and O–H groups in total. The molecule has 1 aliphatic carbocycles. The number of carbonyl (C=O) groups is 1. The highest BCUT2D eigenvalue weighted by atomic mass is 16.2. The summed E-state index contributed by atoms with van der Waals surface area (Å²) < 4.78 is 0. The number of amides is 1. The topological polar surface area (TPSA) is 44.4 Å². The molecule has 136 valence electrons. The van der Waals surface area contributed by atoms with Gasteiger partial charge in [0.05, 0.1) is 6.04 Å². The molecule has 4 nitrogen and oxygen atoms in total. The van der Waals surface area contributed by atoms with Crippen molar-refractivity contribution in [3.8, 4) is 0 Å². The van der Waals surface area contributed by atoms with E-state index < -0.39 is 0 Å². The van der Waals surface area contributed by atoms with Gasteiger partial charge in [-0.1, -0.05) is 29.8 Å². The fourth-order valence-electron chi connectivity index (χ4n) is 4.82. The van der Waals surface area contributed by atoms with Crippen LogP contribution in [-0.4, -0.2) is 49.1 Å². The number of nitrogens with one attached hydrogen (secondary N) is 2. The molecule has 1 unspecified atom stereocenters. The molecule has 1 aromatic carbocycles. The smallest absolute Gasteiger partial charge is 0.237 e. The van der Waals surface area contributed by atoms with Crippen LogP contribution in [0.25, 0.3) is 0 Å². The molecule has 0 bridgehead atoms. The minimum absolute atomic E-state index is 0.0110. The Kier molecular flexibility index (Phi) is 4.37. The zero-order valence-electron chi connectivity index (χ0n) is 15.6. The summed E-state index contributed by atoms with van der Waals surface area (Å²) in [5, 5.41) is 6.88. The standard InChI is InChI=1S/C21H31N3O/c1-16-3-5-17(6-4-16)13-21(7-8-21)23-19(25)18-14-20(15-24(18)2)9-11-22-12-10-20/h3-6,18,22H,7-15H2,1-2H3,(H,23,25). The van der Waals surface area contributed by atoms with Gasteiger partial charge in [0.2, 0.25) is 5.91 Å². The fraction of sp³-hybridized carbons (Fsp3) is 0.667. The van der Waals surface area contributed by atoms with Gasteiger partial charge in [-0.05, 0) is 76.6 Å². The summed E-state index contributed by atoms with van der Waals surface area (Å²) in [5.74, 6) is 0.252. The second kappa shape index (κ2) is 6.40. The van der Waals surface area contributed by atoms with E-state index in [1.165, 1.54) is 24.0 Å². The van der Waals surface area contributed by atoms with Gasteiger partial charge in [-0.25, -0.2) is 0 Å². The SMILES string of the molecule is Cc1ccc(CC2(NC(=O)C3CC4(CCNCC4)CN3C)CC2)cc1. The lowest BCUT2D eigenvalue weighted by atomic mass is 9.77. The first kappa shape index (κ1) is 17.0. The molecule has 1 spiro atoms. The van der Waals surface area contributed by atoms with Crippen LogP contribution < -0.4 is 10.6 Å². The van der Waals surface area contributed by atoms with Crippen LogP contribution in [0.4, 0.5) is 0 Å². The molecule has 1 amide bonds. The van der Waals surface area contributed by atoms with Gasteiger partial charge in [-0.3, -0.25) is 9.69 Å². The van der Waals surface area contributed by atoms with Crippen molar-refractivity contribution in [1.82, 2.24) is 15.5 Å². The Morgan fingerprint density at radius 2 is 1.88 bits per heavy atom. The Balaban J connectivity index is 1.39. The quantitative estimate of drug-likeness (QED) is 0.883. The zero-order valence-corrected chi connectivity index (χ0v) is 15.6. The molecular formula is C21H31N3O. The maximum atomic E-state index is 13.0. The molecule has 0 aromatic heterocycles. The predicted molar refractivity (Wildman–Crippen MR) is 101 cm³/mol. The monoisotopic (exact) mass is 341 g/mol. The van der Waals surface area contributed by atoms with Crippen molar-refractivity contribution in [3.63, 3.8) is 0 Å². The molecule has 2 aliphatic heterocycles. The van der Waals surface area contributed by atoms with Crippen LogP contribution >= 0.6 is 0 Å². The van der Waals surface area contributed by atoms with Gasteiger partial charge in [0.1, 0.15) is 0 Å². The Morgan fingerprint density at radius 1 is 1.20 bits per heavy atom. The highest BCUT2D eigenvalue weighted by Crippen LogP contribution is 2.43. The average molecular weight is 341 g/mol. The second-order valence-electron chi connectivity index (χ2n) is 8.82. The Morgan fingerprint density at radius 3 is 2.52 bits per heavy atom. The average Bonchev–Trinajstić information content (AvgIpc) is 3.26. The van der Waals surface area contributed by atoms with Crippen molar-refractivity contribution < 1.29 is 4.79 Å². The first-order valence-electron chi connectivity index (χ1n) is 9.78. The minimum Gasteiger partial charge on any atom is -0.349 e. The van der Waals surface area contributed by atoms with Crippen LogP contribution in [0.5, 0.6) is 0 Å². The summed E-state index contributed by atoms with van der Waals surface area (Å²) >= 11 is 0. The summed E-state index contributed by atoms with van der Waals surface area (Å²) in [6, 6.07) is 8.78. The van der Waals surface area contributed by atoms with Crippen molar-refractivity contribution in [2.75, 3.05) is 26.7 Å². The zero-order chi connectivity index (χ0) is 17.5. The number of piperidine rings is 1. The van der Waals surface area contributed by atoms with Crippen molar-refractivity contribution in [3.05, 3.63) is 35.4 Å². The van der Waals surface area contributed by atoms with E-state index in [-0.39, 0.29) is 17.5 Å². The van der Waals surface area contributed by atoms with E-state index in [1.54, 1.807) is 0 Å². The summed E-state index contributed by atoms with van der Waals surface area (Å²) in [6.07, 6.45) is 6.61. The maximum absolute atomic E-state index is 13.0. The molecule has 4 rings (SSSR count). The van der Waals surface area contributed by atoms with Gasteiger partial charge >= 0.3 is 0 Å². The molecule has 25 heavy (non-hydrogen) atoms. The van der Waals surface area contributed by atoms with E-state index in [0.29, 0.717) is 5.41 Å². The van der Waals surface area contributed by atoms with Crippen LogP contribution in [0, 0.1) is 12.3 Å². The van der Waals surface area contributed by atoms with Crippen LogP contribution in [-0.2, 0) is 11.2 Å². The summed E-state index contributed by atoms with van der Waals surface area (Å²) in [4.78, 5) is 15.3. The normalized spacial score (nSPS) is 27.4. The lowest BCUT2D eigenvalue weighted by molar-refractivity contribution is -0.126. The van der Waals surface area contributed by atoms with Crippen LogP contribution in [0.2, 0.25) is 0 Å².